The maximum Gasteiger partial charge on any atom is 0.267 e. The molecule has 1 heterocycles. The summed E-state index contributed by atoms with van der Waals surface area (Å²) in [6.45, 7) is 3.82. The number of para-hydroxylation sites is 2. The number of anilines is 2. The molecule has 0 unspecified atom stereocenters. The number of fused-ring (bicyclic) bond motifs is 1. The van der Waals surface area contributed by atoms with Crippen LogP contribution in [0, 0.1) is 13.8 Å². The number of carbonyl (C=O) groups excluding carboxylic acids is 1. The van der Waals surface area contributed by atoms with Crippen LogP contribution in [0.3, 0.4) is 0 Å². The first kappa shape index (κ1) is 17.3. The van der Waals surface area contributed by atoms with Gasteiger partial charge in [-0.25, -0.2) is 8.42 Å². The van der Waals surface area contributed by atoms with E-state index in [4.69, 9.17) is 4.74 Å². The monoisotopic (exact) mass is 360 g/mol. The second kappa shape index (κ2) is 6.40. The second-order valence-corrected chi connectivity index (χ2v) is 8.01. The third-order valence-electron chi connectivity index (χ3n) is 4.29. The third-order valence-corrected chi connectivity index (χ3v) is 5.44. The van der Waals surface area contributed by atoms with Crippen molar-refractivity contribution in [2.24, 2.45) is 0 Å². The lowest BCUT2D eigenvalue weighted by Crippen LogP contribution is -2.48. The van der Waals surface area contributed by atoms with Gasteiger partial charge < -0.3 is 10.1 Å². The minimum Gasteiger partial charge on any atom is -0.476 e. The molecule has 0 radical (unpaired) electrons. The highest BCUT2D eigenvalue weighted by Gasteiger charge is 2.34. The van der Waals surface area contributed by atoms with E-state index in [1.54, 1.807) is 24.3 Å². The molecule has 132 valence electrons. The Bertz CT molecular complexity index is 924. The largest absolute Gasteiger partial charge is 0.476 e. The number of rotatable bonds is 3. The highest BCUT2D eigenvalue weighted by atomic mass is 32.2. The van der Waals surface area contributed by atoms with Crippen LogP contribution < -0.4 is 14.4 Å². The first-order chi connectivity index (χ1) is 11.8. The zero-order valence-corrected chi connectivity index (χ0v) is 15.1. The Morgan fingerprint density at radius 2 is 1.88 bits per heavy atom. The fraction of sp³-hybridized carbons (Fsp3) is 0.278. The van der Waals surface area contributed by atoms with Crippen LogP contribution in [0.1, 0.15) is 11.1 Å². The lowest BCUT2D eigenvalue weighted by Gasteiger charge is -2.33. The number of aryl methyl sites for hydroxylation is 1. The van der Waals surface area contributed by atoms with Gasteiger partial charge in [0.15, 0.2) is 6.10 Å². The lowest BCUT2D eigenvalue weighted by atomic mass is 10.1. The summed E-state index contributed by atoms with van der Waals surface area (Å²) in [5.41, 5.74) is 3.16. The Morgan fingerprint density at radius 3 is 2.60 bits per heavy atom. The van der Waals surface area contributed by atoms with Gasteiger partial charge in [0.05, 0.1) is 18.5 Å². The summed E-state index contributed by atoms with van der Waals surface area (Å²) in [5.74, 6) is -0.00265. The van der Waals surface area contributed by atoms with Crippen LogP contribution in [0.5, 0.6) is 5.75 Å². The third kappa shape index (κ3) is 3.46. The average molecular weight is 360 g/mol. The molecule has 2 aromatic carbocycles. The van der Waals surface area contributed by atoms with Gasteiger partial charge in [0.1, 0.15) is 5.75 Å². The molecule has 1 amide bonds. The molecule has 1 N–H and O–H groups in total. The average Bonchev–Trinajstić information content (AvgIpc) is 2.57. The fourth-order valence-corrected chi connectivity index (χ4v) is 3.67. The standard InChI is InChI=1S/C18H20N2O4S/c1-12-7-6-8-14(13(12)2)19-18(21)17-11-20(25(3,22)23)15-9-4-5-10-16(15)24-17/h4-10,17H,11H2,1-3H3,(H,19,21)/t17-/m0/s1. The molecule has 1 aliphatic heterocycles. The van der Waals surface area contributed by atoms with E-state index in [9.17, 15) is 13.2 Å². The van der Waals surface area contributed by atoms with Crippen LogP contribution in [0.4, 0.5) is 11.4 Å². The zero-order valence-electron chi connectivity index (χ0n) is 14.3. The van der Waals surface area contributed by atoms with Crippen molar-refractivity contribution in [1.29, 1.82) is 0 Å². The lowest BCUT2D eigenvalue weighted by molar-refractivity contribution is -0.122. The Labute approximate surface area is 147 Å². The Balaban J connectivity index is 1.88. The molecule has 0 bridgehead atoms. The Hall–Kier alpha value is -2.54. The SMILES string of the molecule is Cc1cccc(NC(=O)[C@@H]2CN(S(C)(=O)=O)c3ccccc3O2)c1C. The minimum absolute atomic E-state index is 0.0630. The molecule has 1 aliphatic rings. The quantitative estimate of drug-likeness (QED) is 0.912. The summed E-state index contributed by atoms with van der Waals surface area (Å²) < 4.78 is 31.2. The van der Waals surface area contributed by atoms with Crippen molar-refractivity contribution in [3.63, 3.8) is 0 Å². The molecule has 0 aromatic heterocycles. The fourth-order valence-electron chi connectivity index (χ4n) is 2.75. The van der Waals surface area contributed by atoms with E-state index in [2.05, 4.69) is 5.32 Å². The van der Waals surface area contributed by atoms with Gasteiger partial charge in [-0.05, 0) is 43.2 Å². The highest BCUT2D eigenvalue weighted by molar-refractivity contribution is 7.92. The molecule has 0 spiro atoms. The summed E-state index contributed by atoms with van der Waals surface area (Å²) in [4.78, 5) is 12.7. The molecular formula is C18H20N2O4S. The summed E-state index contributed by atoms with van der Waals surface area (Å²) in [6.07, 6.45) is 0.193. The van der Waals surface area contributed by atoms with Gasteiger partial charge in [0, 0.05) is 5.69 Å². The molecule has 7 heteroatoms. The van der Waals surface area contributed by atoms with Crippen LogP contribution in [-0.2, 0) is 14.8 Å². The Morgan fingerprint density at radius 1 is 1.16 bits per heavy atom. The number of carbonyl (C=O) groups is 1. The van der Waals surface area contributed by atoms with Crippen molar-refractivity contribution in [3.05, 3.63) is 53.6 Å². The predicted octanol–water partition coefficient (Wildman–Crippen LogP) is 2.47. The first-order valence-electron chi connectivity index (χ1n) is 7.88. The maximum atomic E-state index is 12.7. The van der Waals surface area contributed by atoms with Gasteiger partial charge in [-0.15, -0.1) is 0 Å². The number of benzene rings is 2. The number of nitrogens with zero attached hydrogens (tertiary/aromatic N) is 1. The number of sulfonamides is 1. The van der Waals surface area contributed by atoms with Crippen molar-refractivity contribution < 1.29 is 17.9 Å². The van der Waals surface area contributed by atoms with Crippen LogP contribution in [0.25, 0.3) is 0 Å². The number of nitrogens with one attached hydrogen (secondary N) is 1. The van der Waals surface area contributed by atoms with E-state index < -0.39 is 16.1 Å². The molecule has 1 atom stereocenters. The Kier molecular flexibility index (Phi) is 4.43. The summed E-state index contributed by atoms with van der Waals surface area (Å²) in [6, 6.07) is 12.4. The van der Waals surface area contributed by atoms with Crippen LogP contribution in [-0.4, -0.2) is 33.2 Å². The number of hydrogen-bond donors (Lipinski definition) is 1. The van der Waals surface area contributed by atoms with Crippen molar-refractivity contribution in [2.75, 3.05) is 22.4 Å². The highest BCUT2D eigenvalue weighted by Crippen LogP contribution is 2.34. The molecule has 25 heavy (non-hydrogen) atoms. The maximum absolute atomic E-state index is 12.7. The normalized spacial score (nSPS) is 16.8. The minimum atomic E-state index is -3.52. The molecule has 0 aliphatic carbocycles. The molecule has 0 saturated carbocycles. The number of ether oxygens (including phenoxy) is 1. The molecule has 0 fully saturated rings. The van der Waals surface area contributed by atoms with Crippen LogP contribution in [0.15, 0.2) is 42.5 Å². The van der Waals surface area contributed by atoms with Crippen molar-refractivity contribution >= 4 is 27.3 Å². The number of amides is 1. The molecule has 6 nitrogen and oxygen atoms in total. The molecule has 0 saturated heterocycles. The van der Waals surface area contributed by atoms with E-state index in [-0.39, 0.29) is 12.5 Å². The van der Waals surface area contributed by atoms with Gasteiger partial charge in [-0.1, -0.05) is 24.3 Å². The van der Waals surface area contributed by atoms with Gasteiger partial charge in [0.2, 0.25) is 10.0 Å². The van der Waals surface area contributed by atoms with Gasteiger partial charge in [-0.3, -0.25) is 9.10 Å². The van der Waals surface area contributed by atoms with E-state index in [0.29, 0.717) is 17.1 Å². The smallest absolute Gasteiger partial charge is 0.267 e. The van der Waals surface area contributed by atoms with Crippen molar-refractivity contribution in [2.45, 2.75) is 20.0 Å². The van der Waals surface area contributed by atoms with Gasteiger partial charge >= 0.3 is 0 Å². The van der Waals surface area contributed by atoms with Crippen LogP contribution in [0.2, 0.25) is 0 Å². The summed E-state index contributed by atoms with van der Waals surface area (Å²) in [7, 11) is -3.52. The van der Waals surface area contributed by atoms with Gasteiger partial charge in [-0.2, -0.15) is 0 Å². The van der Waals surface area contributed by atoms with E-state index in [1.165, 1.54) is 4.31 Å². The van der Waals surface area contributed by atoms with Crippen molar-refractivity contribution in [3.8, 4) is 5.75 Å². The first-order valence-corrected chi connectivity index (χ1v) is 9.72. The van der Waals surface area contributed by atoms with Gasteiger partial charge in [0.25, 0.3) is 5.91 Å². The number of hydrogen-bond acceptors (Lipinski definition) is 4. The van der Waals surface area contributed by atoms with E-state index in [1.807, 2.05) is 32.0 Å². The van der Waals surface area contributed by atoms with E-state index >= 15 is 0 Å². The van der Waals surface area contributed by atoms with Crippen molar-refractivity contribution in [1.82, 2.24) is 0 Å². The summed E-state index contributed by atoms with van der Waals surface area (Å²) >= 11 is 0. The topological polar surface area (TPSA) is 75.7 Å². The second-order valence-electron chi connectivity index (χ2n) is 6.11. The summed E-state index contributed by atoms with van der Waals surface area (Å²) in [5, 5.41) is 2.84. The predicted molar refractivity (Wildman–Crippen MR) is 97.6 cm³/mol. The molecular weight excluding hydrogens is 340 g/mol. The molecule has 2 aromatic rings. The van der Waals surface area contributed by atoms with Crippen LogP contribution >= 0.6 is 0 Å². The molecule has 3 rings (SSSR count). The van der Waals surface area contributed by atoms with E-state index in [0.717, 1.165) is 17.4 Å². The zero-order chi connectivity index (χ0) is 18.2.